The molecule has 1 amide bonds. The average molecular weight is 576 g/mol. The van der Waals surface area contributed by atoms with Crippen molar-refractivity contribution in [2.75, 3.05) is 25.7 Å². The molecule has 41 heavy (non-hydrogen) atoms. The smallest absolute Gasteiger partial charge is 0.338 e. The number of rotatable bonds is 7. The summed E-state index contributed by atoms with van der Waals surface area (Å²) in [7, 11) is 2.69. The lowest BCUT2D eigenvalue weighted by molar-refractivity contribution is -0.136. The first-order valence-electron chi connectivity index (χ1n) is 13.1. The van der Waals surface area contributed by atoms with Gasteiger partial charge in [-0.15, -0.1) is 0 Å². The summed E-state index contributed by atoms with van der Waals surface area (Å²) in [5.41, 5.74) is 2.38. The molecule has 2 aromatic carbocycles. The van der Waals surface area contributed by atoms with Gasteiger partial charge in [-0.25, -0.2) is 9.79 Å². The number of ether oxygens (including phenoxy) is 3. The van der Waals surface area contributed by atoms with Crippen LogP contribution >= 0.6 is 11.3 Å². The Hall–Kier alpha value is -4.51. The summed E-state index contributed by atoms with van der Waals surface area (Å²) in [6.07, 6.45) is 1.74. The van der Waals surface area contributed by atoms with E-state index >= 15 is 0 Å². The van der Waals surface area contributed by atoms with Crippen molar-refractivity contribution < 1.29 is 28.6 Å². The lowest BCUT2D eigenvalue weighted by atomic mass is 9.95. The van der Waals surface area contributed by atoms with Gasteiger partial charge in [0.05, 0.1) is 42.8 Å². The van der Waals surface area contributed by atoms with Crippen LogP contribution in [0, 0.1) is 0 Å². The highest BCUT2D eigenvalue weighted by atomic mass is 32.1. The van der Waals surface area contributed by atoms with Crippen LogP contribution in [0.3, 0.4) is 0 Å². The molecule has 0 unspecified atom stereocenters. The molecule has 212 valence electrons. The predicted molar refractivity (Wildman–Crippen MR) is 153 cm³/mol. The van der Waals surface area contributed by atoms with E-state index in [1.54, 1.807) is 30.0 Å². The Labute approximate surface area is 239 Å². The maximum Gasteiger partial charge on any atom is 0.338 e. The fourth-order valence-electron chi connectivity index (χ4n) is 5.19. The topological polar surface area (TPSA) is 117 Å². The van der Waals surface area contributed by atoms with Crippen LogP contribution < -0.4 is 29.3 Å². The zero-order valence-corrected chi connectivity index (χ0v) is 24.2. The van der Waals surface area contributed by atoms with E-state index in [-0.39, 0.29) is 27.5 Å². The van der Waals surface area contributed by atoms with Crippen molar-refractivity contribution in [1.29, 1.82) is 0 Å². The molecule has 11 heteroatoms. The molecule has 0 N–H and O–H groups in total. The number of carbonyl (C=O) groups is 3. The predicted octanol–water partition coefficient (Wildman–Crippen LogP) is 2.86. The molecule has 10 nitrogen and oxygen atoms in total. The molecule has 2 aliphatic rings. The number of thiazole rings is 1. The Morgan fingerprint density at radius 1 is 1.07 bits per heavy atom. The Bertz CT molecular complexity index is 1800. The van der Waals surface area contributed by atoms with Crippen LogP contribution in [0.5, 0.6) is 11.5 Å². The van der Waals surface area contributed by atoms with Gasteiger partial charge >= 0.3 is 11.9 Å². The molecule has 3 heterocycles. The molecule has 5 rings (SSSR count). The summed E-state index contributed by atoms with van der Waals surface area (Å²) in [4.78, 5) is 59.3. The van der Waals surface area contributed by atoms with Crippen molar-refractivity contribution in [2.45, 2.75) is 39.7 Å². The van der Waals surface area contributed by atoms with Crippen molar-refractivity contribution >= 4 is 40.4 Å². The molecule has 0 radical (unpaired) electrons. The highest BCUT2D eigenvalue weighted by Gasteiger charge is 2.37. The fraction of sp³-hybridized carbons (Fsp3) is 0.300. The summed E-state index contributed by atoms with van der Waals surface area (Å²) in [6.45, 7) is 5.55. The highest BCUT2D eigenvalue weighted by Crippen LogP contribution is 2.37. The second-order valence-electron chi connectivity index (χ2n) is 9.60. The van der Waals surface area contributed by atoms with E-state index in [4.69, 9.17) is 14.2 Å². The number of benzene rings is 2. The molecule has 0 spiro atoms. The van der Waals surface area contributed by atoms with Crippen molar-refractivity contribution in [2.24, 2.45) is 4.99 Å². The van der Waals surface area contributed by atoms with Crippen molar-refractivity contribution in [1.82, 2.24) is 4.57 Å². The first kappa shape index (κ1) is 28.0. The summed E-state index contributed by atoms with van der Waals surface area (Å²) in [5.74, 6) is -0.971. The van der Waals surface area contributed by atoms with Gasteiger partial charge in [-0.1, -0.05) is 48.9 Å². The monoisotopic (exact) mass is 575 g/mol. The van der Waals surface area contributed by atoms with Crippen LogP contribution in [0.1, 0.15) is 50.8 Å². The quantitative estimate of drug-likeness (QED) is 0.314. The summed E-state index contributed by atoms with van der Waals surface area (Å²) in [6, 6.07) is 11.3. The van der Waals surface area contributed by atoms with Crippen LogP contribution in [-0.4, -0.2) is 43.2 Å². The van der Waals surface area contributed by atoms with E-state index in [0.29, 0.717) is 33.7 Å². The van der Waals surface area contributed by atoms with Gasteiger partial charge in [0.25, 0.3) is 11.5 Å². The summed E-state index contributed by atoms with van der Waals surface area (Å²) in [5, 5.41) is 0. The number of amides is 1. The SMILES string of the molecule is CCCCN1C(=O)/C(=c2\sc3n(c2=O)[C@@H](c2ccc(OC(C)=O)c(OC)c2)C(C(=O)OC)=C(C)N=3)c2ccccc21. The van der Waals surface area contributed by atoms with Gasteiger partial charge in [0.15, 0.2) is 16.3 Å². The van der Waals surface area contributed by atoms with Crippen molar-refractivity contribution in [3.63, 3.8) is 0 Å². The number of methoxy groups -OCH3 is 2. The lowest BCUT2D eigenvalue weighted by Crippen LogP contribution is -2.41. The second-order valence-corrected chi connectivity index (χ2v) is 10.6. The number of unbranched alkanes of at least 4 members (excludes halogenated alkanes) is 1. The van der Waals surface area contributed by atoms with E-state index in [0.717, 1.165) is 29.9 Å². The molecule has 1 aromatic heterocycles. The molecule has 1 atom stereocenters. The van der Waals surface area contributed by atoms with E-state index < -0.39 is 23.5 Å². The third-order valence-electron chi connectivity index (χ3n) is 7.05. The van der Waals surface area contributed by atoms with Gasteiger partial charge in [0.1, 0.15) is 4.53 Å². The van der Waals surface area contributed by atoms with Crippen molar-refractivity contribution in [3.05, 3.63) is 84.5 Å². The highest BCUT2D eigenvalue weighted by molar-refractivity contribution is 7.07. The molecular formula is C30H29N3O7S. The standard InChI is InChI=1S/C30H29N3O7S/c1-6-7-14-32-20-11-9-8-10-19(20)24(27(32)35)26-28(36)33-25(23(29(37)39-5)16(2)31-30(33)41-26)18-12-13-21(40-17(3)34)22(15-18)38-4/h8-13,15,25H,6-7,14H2,1-5H3/b26-24-/t25-/m0/s1. The minimum atomic E-state index is -0.934. The molecule has 0 saturated heterocycles. The summed E-state index contributed by atoms with van der Waals surface area (Å²) >= 11 is 1.11. The third kappa shape index (κ3) is 4.76. The third-order valence-corrected chi connectivity index (χ3v) is 8.10. The number of allylic oxidation sites excluding steroid dienone is 1. The van der Waals surface area contributed by atoms with Crippen LogP contribution in [0.25, 0.3) is 5.57 Å². The zero-order valence-electron chi connectivity index (χ0n) is 23.3. The van der Waals surface area contributed by atoms with Crippen LogP contribution in [-0.2, 0) is 19.1 Å². The number of para-hydroxylation sites is 1. The summed E-state index contributed by atoms with van der Waals surface area (Å²) < 4.78 is 17.4. The number of esters is 2. The minimum Gasteiger partial charge on any atom is -0.493 e. The molecule has 0 fully saturated rings. The second kappa shape index (κ2) is 11.2. The molecule has 0 bridgehead atoms. The molecule has 0 aliphatic carbocycles. The maximum atomic E-state index is 14.2. The fourth-order valence-corrected chi connectivity index (χ4v) is 6.33. The number of carbonyl (C=O) groups excluding carboxylic acids is 3. The van der Waals surface area contributed by atoms with E-state index in [1.807, 2.05) is 24.3 Å². The Kier molecular flexibility index (Phi) is 7.63. The van der Waals surface area contributed by atoms with E-state index in [1.165, 1.54) is 25.7 Å². The molecule has 0 saturated carbocycles. The number of anilines is 1. The number of hydrogen-bond acceptors (Lipinski definition) is 9. The molecule has 2 aliphatic heterocycles. The van der Waals surface area contributed by atoms with E-state index in [9.17, 15) is 19.2 Å². The van der Waals surface area contributed by atoms with E-state index in [2.05, 4.69) is 11.9 Å². The maximum absolute atomic E-state index is 14.2. The first-order valence-corrected chi connectivity index (χ1v) is 13.9. The lowest BCUT2D eigenvalue weighted by Gasteiger charge is -2.25. The normalized spacial score (nSPS) is 17.1. The Balaban J connectivity index is 1.78. The number of fused-ring (bicyclic) bond motifs is 2. The van der Waals surface area contributed by atoms with Gasteiger partial charge < -0.3 is 19.1 Å². The molecular weight excluding hydrogens is 546 g/mol. The van der Waals surface area contributed by atoms with Gasteiger partial charge in [-0.2, -0.15) is 0 Å². The molecule has 3 aromatic rings. The number of nitrogens with zero attached hydrogens (tertiary/aromatic N) is 3. The van der Waals surface area contributed by atoms with Gasteiger partial charge in [0.2, 0.25) is 0 Å². The van der Waals surface area contributed by atoms with Crippen LogP contribution in [0.2, 0.25) is 0 Å². The van der Waals surface area contributed by atoms with Gasteiger partial charge in [-0.3, -0.25) is 19.0 Å². The van der Waals surface area contributed by atoms with Gasteiger partial charge in [0, 0.05) is 19.0 Å². The Morgan fingerprint density at radius 2 is 1.83 bits per heavy atom. The van der Waals surface area contributed by atoms with Crippen LogP contribution in [0.4, 0.5) is 5.69 Å². The average Bonchev–Trinajstić information content (AvgIpc) is 3.42. The van der Waals surface area contributed by atoms with Crippen LogP contribution in [0.15, 0.2) is 63.5 Å². The number of hydrogen-bond donors (Lipinski definition) is 0. The number of aromatic nitrogens is 1. The van der Waals surface area contributed by atoms with Gasteiger partial charge in [-0.05, 0) is 37.1 Å². The zero-order chi connectivity index (χ0) is 29.4. The Morgan fingerprint density at radius 3 is 2.51 bits per heavy atom. The van der Waals surface area contributed by atoms with Crippen molar-refractivity contribution in [3.8, 4) is 11.5 Å². The minimum absolute atomic E-state index is 0.168. The largest absolute Gasteiger partial charge is 0.493 e. The first-order chi connectivity index (χ1) is 19.7.